The lowest BCUT2D eigenvalue weighted by Crippen LogP contribution is -2.23. The highest BCUT2D eigenvalue weighted by Crippen LogP contribution is 2.12. The Hall–Kier alpha value is -1.65. The fourth-order valence-electron chi connectivity index (χ4n) is 1.07. The maximum Gasteiger partial charge on any atom is 0.185 e. The summed E-state index contributed by atoms with van der Waals surface area (Å²) in [6, 6.07) is 3.72. The van der Waals surface area contributed by atoms with Gasteiger partial charge in [0.25, 0.3) is 0 Å². The summed E-state index contributed by atoms with van der Waals surface area (Å²) in [7, 11) is 0. The van der Waals surface area contributed by atoms with Gasteiger partial charge in [0.15, 0.2) is 5.96 Å². The molecule has 1 aromatic rings. The van der Waals surface area contributed by atoms with E-state index in [0.717, 1.165) is 0 Å². The molecule has 0 unspecified atom stereocenters. The summed E-state index contributed by atoms with van der Waals surface area (Å²) in [4.78, 5) is 3.64. The number of hydrogen-bond donors (Lipinski definition) is 2. The minimum atomic E-state index is -0.573. The zero-order valence-corrected chi connectivity index (χ0v) is 7.50. The van der Waals surface area contributed by atoms with E-state index in [1.54, 1.807) is 0 Å². The zero-order valence-electron chi connectivity index (χ0n) is 7.50. The van der Waals surface area contributed by atoms with E-state index in [4.69, 9.17) is 11.5 Å². The van der Waals surface area contributed by atoms with Gasteiger partial charge in [-0.3, -0.25) is 4.99 Å². The van der Waals surface area contributed by atoms with Crippen LogP contribution in [-0.4, -0.2) is 12.5 Å². The predicted molar refractivity (Wildman–Crippen MR) is 50.7 cm³/mol. The highest BCUT2D eigenvalue weighted by Gasteiger charge is 2.06. The molecule has 0 fully saturated rings. The summed E-state index contributed by atoms with van der Waals surface area (Å²) in [5.41, 5.74) is 10.2. The van der Waals surface area contributed by atoms with E-state index in [2.05, 4.69) is 4.99 Å². The fourth-order valence-corrected chi connectivity index (χ4v) is 1.07. The number of nitrogens with zero attached hydrogens (tertiary/aromatic N) is 1. The minimum Gasteiger partial charge on any atom is -0.370 e. The average Bonchev–Trinajstić information content (AvgIpc) is 2.09. The van der Waals surface area contributed by atoms with Crippen LogP contribution >= 0.6 is 0 Å². The number of guanidine groups is 1. The second kappa shape index (κ2) is 4.55. The van der Waals surface area contributed by atoms with Crippen molar-refractivity contribution in [1.82, 2.24) is 0 Å². The van der Waals surface area contributed by atoms with Gasteiger partial charge in [-0.1, -0.05) is 6.07 Å². The Morgan fingerprint density at radius 3 is 2.29 bits per heavy atom. The lowest BCUT2D eigenvalue weighted by atomic mass is 10.1. The Morgan fingerprint density at radius 2 is 1.79 bits per heavy atom. The summed E-state index contributed by atoms with van der Waals surface area (Å²) in [6.45, 7) is 0.181. The Morgan fingerprint density at radius 1 is 1.21 bits per heavy atom. The maximum atomic E-state index is 13.0. The molecule has 0 aromatic heterocycles. The molecule has 0 radical (unpaired) electrons. The van der Waals surface area contributed by atoms with Crippen molar-refractivity contribution in [3.8, 4) is 0 Å². The van der Waals surface area contributed by atoms with Crippen molar-refractivity contribution < 1.29 is 8.78 Å². The van der Waals surface area contributed by atoms with Gasteiger partial charge in [0, 0.05) is 12.1 Å². The molecular weight excluding hydrogens is 188 g/mol. The van der Waals surface area contributed by atoms with E-state index in [9.17, 15) is 8.78 Å². The van der Waals surface area contributed by atoms with E-state index in [0.29, 0.717) is 0 Å². The molecule has 0 aliphatic carbocycles. The summed E-state index contributed by atoms with van der Waals surface area (Å²) in [5.74, 6) is -1.23. The molecule has 0 bridgehead atoms. The van der Waals surface area contributed by atoms with Crippen LogP contribution in [0.5, 0.6) is 0 Å². The van der Waals surface area contributed by atoms with Crippen LogP contribution in [0.1, 0.15) is 5.56 Å². The zero-order chi connectivity index (χ0) is 10.6. The average molecular weight is 199 g/mol. The van der Waals surface area contributed by atoms with E-state index in [1.165, 1.54) is 18.2 Å². The van der Waals surface area contributed by atoms with Gasteiger partial charge in [-0.05, 0) is 18.6 Å². The molecular formula is C9H11F2N3. The smallest absolute Gasteiger partial charge is 0.185 e. The van der Waals surface area contributed by atoms with Crippen molar-refractivity contribution in [2.24, 2.45) is 16.5 Å². The van der Waals surface area contributed by atoms with Crippen molar-refractivity contribution in [1.29, 1.82) is 0 Å². The van der Waals surface area contributed by atoms with Crippen LogP contribution in [0.4, 0.5) is 8.78 Å². The Balaban J connectivity index is 2.71. The van der Waals surface area contributed by atoms with Gasteiger partial charge in [0.2, 0.25) is 0 Å². The second-order valence-corrected chi connectivity index (χ2v) is 2.76. The third-order valence-corrected chi connectivity index (χ3v) is 1.72. The van der Waals surface area contributed by atoms with Gasteiger partial charge in [-0.25, -0.2) is 8.78 Å². The van der Waals surface area contributed by atoms with Gasteiger partial charge < -0.3 is 11.5 Å². The standard InChI is InChI=1S/C9H11F2N3/c10-7-2-1-3-8(11)6(7)4-5-14-9(12)13/h1-3H,4-5H2,(H4,12,13,14). The van der Waals surface area contributed by atoms with Gasteiger partial charge in [-0.15, -0.1) is 0 Å². The molecule has 0 spiro atoms. The largest absolute Gasteiger partial charge is 0.370 e. The van der Waals surface area contributed by atoms with Crippen LogP contribution in [0.15, 0.2) is 23.2 Å². The molecule has 1 aromatic carbocycles. The normalized spacial score (nSPS) is 9.86. The van der Waals surface area contributed by atoms with Gasteiger partial charge >= 0.3 is 0 Å². The molecule has 0 saturated carbocycles. The molecule has 0 amide bonds. The first kappa shape index (κ1) is 10.4. The molecule has 0 heterocycles. The third kappa shape index (κ3) is 2.69. The van der Waals surface area contributed by atoms with Crippen LogP contribution in [0.2, 0.25) is 0 Å². The molecule has 5 heteroatoms. The minimum absolute atomic E-state index is 0.0116. The van der Waals surface area contributed by atoms with Crippen LogP contribution in [0.25, 0.3) is 0 Å². The van der Waals surface area contributed by atoms with Crippen molar-refractivity contribution in [2.75, 3.05) is 6.54 Å². The summed E-state index contributed by atoms with van der Waals surface area (Å²) in [5, 5.41) is 0. The van der Waals surface area contributed by atoms with Crippen LogP contribution in [0.3, 0.4) is 0 Å². The first-order chi connectivity index (χ1) is 6.61. The number of benzene rings is 1. The predicted octanol–water partition coefficient (Wildman–Crippen LogP) is 0.781. The van der Waals surface area contributed by atoms with E-state index < -0.39 is 11.6 Å². The molecule has 0 saturated heterocycles. The number of aliphatic imine (C=N–C) groups is 1. The molecule has 0 atom stereocenters. The Kier molecular flexibility index (Phi) is 3.39. The quantitative estimate of drug-likeness (QED) is 0.558. The van der Waals surface area contributed by atoms with Gasteiger partial charge in [0.05, 0.1) is 0 Å². The van der Waals surface area contributed by atoms with Crippen molar-refractivity contribution in [3.63, 3.8) is 0 Å². The molecule has 0 aliphatic rings. The highest BCUT2D eigenvalue weighted by molar-refractivity contribution is 5.75. The topological polar surface area (TPSA) is 64.4 Å². The summed E-state index contributed by atoms with van der Waals surface area (Å²) in [6.07, 6.45) is 0.149. The van der Waals surface area contributed by atoms with Gasteiger partial charge in [-0.2, -0.15) is 0 Å². The Bertz CT molecular complexity index is 326. The highest BCUT2D eigenvalue weighted by atomic mass is 19.1. The van der Waals surface area contributed by atoms with Gasteiger partial charge in [0.1, 0.15) is 11.6 Å². The summed E-state index contributed by atoms with van der Waals surface area (Å²) >= 11 is 0. The number of halogens is 2. The molecule has 3 nitrogen and oxygen atoms in total. The van der Waals surface area contributed by atoms with Crippen LogP contribution < -0.4 is 11.5 Å². The number of hydrogen-bond acceptors (Lipinski definition) is 1. The first-order valence-corrected chi connectivity index (χ1v) is 4.09. The fraction of sp³-hybridized carbons (Fsp3) is 0.222. The van der Waals surface area contributed by atoms with Crippen LogP contribution in [0, 0.1) is 11.6 Å². The number of nitrogens with two attached hydrogens (primary N) is 2. The van der Waals surface area contributed by atoms with E-state index in [1.807, 2.05) is 0 Å². The van der Waals surface area contributed by atoms with Crippen molar-refractivity contribution >= 4 is 5.96 Å². The first-order valence-electron chi connectivity index (χ1n) is 4.09. The monoisotopic (exact) mass is 199 g/mol. The van der Waals surface area contributed by atoms with Crippen molar-refractivity contribution in [3.05, 3.63) is 35.4 Å². The van der Waals surface area contributed by atoms with E-state index in [-0.39, 0.29) is 24.5 Å². The van der Waals surface area contributed by atoms with E-state index >= 15 is 0 Å². The molecule has 1 rings (SSSR count). The molecule has 4 N–H and O–H groups in total. The van der Waals surface area contributed by atoms with Crippen LogP contribution in [-0.2, 0) is 6.42 Å². The lowest BCUT2D eigenvalue weighted by molar-refractivity contribution is 0.556. The maximum absolute atomic E-state index is 13.0. The summed E-state index contributed by atoms with van der Waals surface area (Å²) < 4.78 is 26.0. The molecule has 76 valence electrons. The number of rotatable bonds is 3. The Labute approximate surface area is 80.4 Å². The molecule has 14 heavy (non-hydrogen) atoms. The SMILES string of the molecule is NC(N)=NCCc1c(F)cccc1F. The third-order valence-electron chi connectivity index (χ3n) is 1.72. The lowest BCUT2D eigenvalue weighted by Gasteiger charge is -2.02. The molecule has 0 aliphatic heterocycles. The second-order valence-electron chi connectivity index (χ2n) is 2.76. The van der Waals surface area contributed by atoms with Crippen molar-refractivity contribution in [2.45, 2.75) is 6.42 Å².